The van der Waals surface area contributed by atoms with Gasteiger partial charge in [-0.05, 0) is 43.0 Å². The minimum atomic E-state index is -3.54. The Morgan fingerprint density at radius 1 is 1.29 bits per heavy atom. The van der Waals surface area contributed by atoms with Crippen molar-refractivity contribution in [2.75, 3.05) is 33.4 Å². The van der Waals surface area contributed by atoms with Crippen molar-refractivity contribution in [2.45, 2.75) is 17.7 Å². The van der Waals surface area contributed by atoms with Crippen LogP contribution in [0, 0.1) is 5.92 Å². The van der Waals surface area contributed by atoms with Gasteiger partial charge in [0.05, 0.1) is 24.2 Å². The van der Waals surface area contributed by atoms with Crippen molar-refractivity contribution in [3.63, 3.8) is 0 Å². The first kappa shape index (κ1) is 18.6. The fraction of sp³-hybridized carbons (Fsp3) is 0.471. The van der Waals surface area contributed by atoms with Gasteiger partial charge in [-0.2, -0.15) is 4.31 Å². The van der Waals surface area contributed by atoms with E-state index in [1.807, 2.05) is 0 Å². The van der Waals surface area contributed by atoms with E-state index in [-0.39, 0.29) is 4.90 Å². The van der Waals surface area contributed by atoms with Crippen LogP contribution in [0.25, 0.3) is 0 Å². The summed E-state index contributed by atoms with van der Waals surface area (Å²) in [5, 5.41) is 0. The highest BCUT2D eigenvalue weighted by molar-refractivity contribution is 7.89. The number of nitrogens with zero attached hydrogens (tertiary/aromatic N) is 1. The van der Waals surface area contributed by atoms with Crippen molar-refractivity contribution < 1.29 is 22.7 Å². The second-order valence-electron chi connectivity index (χ2n) is 5.69. The zero-order valence-corrected chi connectivity index (χ0v) is 14.6. The van der Waals surface area contributed by atoms with Crippen LogP contribution in [0.1, 0.15) is 23.2 Å². The fourth-order valence-electron chi connectivity index (χ4n) is 2.66. The highest BCUT2D eigenvalue weighted by atomic mass is 32.2. The van der Waals surface area contributed by atoms with Gasteiger partial charge in [0.25, 0.3) is 0 Å². The Bertz CT molecular complexity index is 661. The van der Waals surface area contributed by atoms with Crippen LogP contribution in [-0.2, 0) is 19.5 Å². The molecule has 132 valence electrons. The predicted octanol–water partition coefficient (Wildman–Crippen LogP) is 2.08. The Balaban J connectivity index is 1.98. The number of hydrogen-bond donors (Lipinski definition) is 0. The van der Waals surface area contributed by atoms with Crippen molar-refractivity contribution in [2.24, 2.45) is 5.92 Å². The summed E-state index contributed by atoms with van der Waals surface area (Å²) >= 11 is 0. The van der Waals surface area contributed by atoms with E-state index in [2.05, 4.69) is 11.3 Å². The van der Waals surface area contributed by atoms with E-state index in [4.69, 9.17) is 4.74 Å². The van der Waals surface area contributed by atoms with Gasteiger partial charge in [-0.15, -0.1) is 6.58 Å². The van der Waals surface area contributed by atoms with Crippen LogP contribution in [0.4, 0.5) is 0 Å². The number of rotatable bonds is 7. The lowest BCUT2D eigenvalue weighted by Crippen LogP contribution is -2.39. The molecule has 0 radical (unpaired) electrons. The van der Waals surface area contributed by atoms with Crippen LogP contribution in [0.15, 0.2) is 41.8 Å². The van der Waals surface area contributed by atoms with Crippen molar-refractivity contribution in [1.82, 2.24) is 4.31 Å². The molecule has 0 unspecified atom stereocenters. The predicted molar refractivity (Wildman–Crippen MR) is 90.3 cm³/mol. The summed E-state index contributed by atoms with van der Waals surface area (Å²) in [5.41, 5.74) is 0.328. The van der Waals surface area contributed by atoms with Gasteiger partial charge in [-0.25, -0.2) is 13.2 Å². The molecule has 1 aromatic carbocycles. The molecule has 1 fully saturated rings. The number of hydrogen-bond acceptors (Lipinski definition) is 5. The summed E-state index contributed by atoms with van der Waals surface area (Å²) in [6.07, 6.45) is 3.25. The van der Waals surface area contributed by atoms with Crippen LogP contribution < -0.4 is 0 Å². The molecule has 7 heteroatoms. The molecule has 2 rings (SSSR count). The molecule has 1 aliphatic heterocycles. The van der Waals surface area contributed by atoms with Crippen LogP contribution >= 0.6 is 0 Å². The first-order valence-electron chi connectivity index (χ1n) is 7.86. The smallest absolute Gasteiger partial charge is 0.337 e. The van der Waals surface area contributed by atoms with E-state index < -0.39 is 16.0 Å². The number of ether oxygens (including phenoxy) is 2. The molecule has 1 heterocycles. The number of benzene rings is 1. The fourth-order valence-corrected chi connectivity index (χ4v) is 4.13. The maximum Gasteiger partial charge on any atom is 0.337 e. The molecule has 0 aromatic heterocycles. The summed E-state index contributed by atoms with van der Waals surface area (Å²) in [5.74, 6) is -0.114. The average Bonchev–Trinajstić information content (AvgIpc) is 2.62. The van der Waals surface area contributed by atoms with Crippen LogP contribution in [0.3, 0.4) is 0 Å². The molecule has 6 nitrogen and oxygen atoms in total. The topological polar surface area (TPSA) is 72.9 Å². The third kappa shape index (κ3) is 4.43. The molecule has 0 N–H and O–H groups in total. The van der Waals surface area contributed by atoms with Crippen molar-refractivity contribution in [3.05, 3.63) is 42.5 Å². The molecule has 0 saturated carbocycles. The highest BCUT2D eigenvalue weighted by Crippen LogP contribution is 2.24. The first-order valence-corrected chi connectivity index (χ1v) is 9.30. The minimum absolute atomic E-state index is 0.191. The summed E-state index contributed by atoms with van der Waals surface area (Å²) < 4.78 is 36.9. The maximum atomic E-state index is 12.7. The molecule has 0 aliphatic carbocycles. The van der Waals surface area contributed by atoms with Crippen LogP contribution in [-0.4, -0.2) is 52.1 Å². The van der Waals surface area contributed by atoms with Crippen molar-refractivity contribution >= 4 is 16.0 Å². The lowest BCUT2D eigenvalue weighted by molar-refractivity contribution is 0.0600. The summed E-state index contributed by atoms with van der Waals surface area (Å²) in [6.45, 7) is 5.70. The Hall–Kier alpha value is -1.70. The number of piperidine rings is 1. The van der Waals surface area contributed by atoms with Gasteiger partial charge in [0.2, 0.25) is 10.0 Å². The quantitative estimate of drug-likeness (QED) is 0.426. The number of sulfonamides is 1. The van der Waals surface area contributed by atoms with E-state index >= 15 is 0 Å². The highest BCUT2D eigenvalue weighted by Gasteiger charge is 2.29. The number of methoxy groups -OCH3 is 1. The summed E-state index contributed by atoms with van der Waals surface area (Å²) in [6, 6.07) is 5.82. The summed E-state index contributed by atoms with van der Waals surface area (Å²) in [4.78, 5) is 11.6. The van der Waals surface area contributed by atoms with Gasteiger partial charge in [0.15, 0.2) is 0 Å². The van der Waals surface area contributed by atoms with Gasteiger partial charge < -0.3 is 9.47 Å². The van der Waals surface area contributed by atoms with Crippen molar-refractivity contribution in [1.29, 1.82) is 0 Å². The molecule has 0 bridgehead atoms. The second kappa shape index (κ2) is 8.41. The third-order valence-corrected chi connectivity index (χ3v) is 5.99. The number of carbonyl (C=O) groups excluding carboxylic acids is 1. The van der Waals surface area contributed by atoms with E-state index in [1.165, 1.54) is 35.7 Å². The molecule has 0 atom stereocenters. The van der Waals surface area contributed by atoms with Crippen molar-refractivity contribution in [3.8, 4) is 0 Å². The third-order valence-electron chi connectivity index (χ3n) is 4.08. The Morgan fingerprint density at radius 2 is 1.92 bits per heavy atom. The molecule has 1 saturated heterocycles. The van der Waals surface area contributed by atoms with E-state index in [9.17, 15) is 13.2 Å². The van der Waals surface area contributed by atoms with Crippen LogP contribution in [0.2, 0.25) is 0 Å². The molecule has 24 heavy (non-hydrogen) atoms. The normalized spacial score (nSPS) is 16.7. The largest absolute Gasteiger partial charge is 0.465 e. The average molecular weight is 353 g/mol. The second-order valence-corrected chi connectivity index (χ2v) is 7.63. The van der Waals surface area contributed by atoms with Gasteiger partial charge in [0.1, 0.15) is 0 Å². The standard InChI is InChI=1S/C17H23NO5S/c1-3-12-23-13-14-8-10-18(11-9-14)24(20,21)16-6-4-15(5-7-16)17(19)22-2/h3-7,14H,1,8-13H2,2H3. The summed E-state index contributed by atoms with van der Waals surface area (Å²) in [7, 11) is -2.25. The SMILES string of the molecule is C=CCOCC1CCN(S(=O)(=O)c2ccc(C(=O)OC)cc2)CC1. The Kier molecular flexibility index (Phi) is 6.53. The lowest BCUT2D eigenvalue weighted by Gasteiger charge is -2.31. The monoisotopic (exact) mass is 353 g/mol. The first-order chi connectivity index (χ1) is 11.5. The Morgan fingerprint density at radius 3 is 2.46 bits per heavy atom. The number of esters is 1. The van der Waals surface area contributed by atoms with Gasteiger partial charge in [0, 0.05) is 19.7 Å². The van der Waals surface area contributed by atoms with E-state index in [0.717, 1.165) is 12.8 Å². The van der Waals surface area contributed by atoms with Gasteiger partial charge >= 0.3 is 5.97 Å². The minimum Gasteiger partial charge on any atom is -0.465 e. The van der Waals surface area contributed by atoms with Crippen LogP contribution in [0.5, 0.6) is 0 Å². The zero-order chi connectivity index (χ0) is 17.6. The van der Waals surface area contributed by atoms with E-state index in [1.54, 1.807) is 6.08 Å². The molecule has 0 amide bonds. The lowest BCUT2D eigenvalue weighted by atomic mass is 9.99. The molecule has 0 spiro atoms. The van der Waals surface area contributed by atoms with Gasteiger partial charge in [-0.3, -0.25) is 0 Å². The molecule has 1 aromatic rings. The maximum absolute atomic E-state index is 12.7. The molecular formula is C17H23NO5S. The van der Waals surface area contributed by atoms with Gasteiger partial charge in [-0.1, -0.05) is 6.08 Å². The zero-order valence-electron chi connectivity index (χ0n) is 13.8. The Labute approximate surface area is 143 Å². The van der Waals surface area contributed by atoms with E-state index in [0.29, 0.717) is 37.8 Å². The number of carbonyl (C=O) groups is 1. The molecule has 1 aliphatic rings. The molecular weight excluding hydrogens is 330 g/mol.